The van der Waals surface area contributed by atoms with Crippen molar-refractivity contribution in [2.24, 2.45) is 0 Å². The molecule has 1 atom stereocenters. The highest BCUT2D eigenvalue weighted by Gasteiger charge is 2.26. The molecule has 0 aliphatic carbocycles. The van der Waals surface area contributed by atoms with Crippen molar-refractivity contribution >= 4 is 29.3 Å². The Morgan fingerprint density at radius 3 is 2.58 bits per heavy atom. The van der Waals surface area contributed by atoms with Crippen LogP contribution < -0.4 is 10.6 Å². The van der Waals surface area contributed by atoms with Gasteiger partial charge in [0.25, 0.3) is 0 Å². The lowest BCUT2D eigenvalue weighted by molar-refractivity contribution is -0.139. The van der Waals surface area contributed by atoms with Crippen molar-refractivity contribution in [2.45, 2.75) is 38.8 Å². The number of allylic oxidation sites excluding steroid dienone is 1. The molecule has 132 valence electrons. The lowest BCUT2D eigenvalue weighted by atomic mass is 9.92. The predicted molar refractivity (Wildman–Crippen MR) is 100 cm³/mol. The monoisotopic (exact) mass is 350 g/mol. The summed E-state index contributed by atoms with van der Waals surface area (Å²) in [5, 5.41) is 14.6. The first-order valence-electron chi connectivity index (χ1n) is 7.74. The van der Waals surface area contributed by atoms with E-state index in [1.807, 2.05) is 51.3 Å². The fraction of sp³-hybridized carbons (Fsp3) is 0.444. The molecule has 1 aromatic rings. The van der Waals surface area contributed by atoms with E-state index < -0.39 is 23.6 Å². The van der Waals surface area contributed by atoms with Crippen LogP contribution >= 0.6 is 11.8 Å². The number of nitrogens with one attached hydrogen (secondary N) is 2. The molecular formula is C18H26N2O3S. The molecule has 3 N–H and O–H groups in total. The van der Waals surface area contributed by atoms with Gasteiger partial charge in [0.1, 0.15) is 6.04 Å². The minimum atomic E-state index is -1.03. The zero-order valence-electron chi connectivity index (χ0n) is 14.7. The smallest absolute Gasteiger partial charge is 0.326 e. The highest BCUT2D eigenvalue weighted by Crippen LogP contribution is 2.23. The van der Waals surface area contributed by atoms with Crippen molar-refractivity contribution in [1.82, 2.24) is 10.6 Å². The fourth-order valence-corrected chi connectivity index (χ4v) is 2.69. The molecule has 24 heavy (non-hydrogen) atoms. The molecule has 0 saturated carbocycles. The van der Waals surface area contributed by atoms with E-state index in [9.17, 15) is 14.7 Å². The van der Waals surface area contributed by atoms with E-state index in [1.165, 1.54) is 0 Å². The van der Waals surface area contributed by atoms with E-state index in [-0.39, 0.29) is 0 Å². The Hall–Kier alpha value is -1.95. The lowest BCUT2D eigenvalue weighted by Crippen LogP contribution is -2.51. The summed E-state index contributed by atoms with van der Waals surface area (Å²) in [7, 11) is 0. The number of carboxylic acids is 1. The zero-order chi connectivity index (χ0) is 18.3. The van der Waals surface area contributed by atoms with Gasteiger partial charge in [-0.25, -0.2) is 9.59 Å². The number of amides is 2. The number of carbonyl (C=O) groups is 2. The van der Waals surface area contributed by atoms with Crippen molar-refractivity contribution in [3.8, 4) is 0 Å². The van der Waals surface area contributed by atoms with E-state index in [0.29, 0.717) is 12.2 Å². The van der Waals surface area contributed by atoms with Crippen LogP contribution in [-0.4, -0.2) is 35.2 Å². The maximum Gasteiger partial charge on any atom is 0.326 e. The van der Waals surface area contributed by atoms with E-state index in [2.05, 4.69) is 17.2 Å². The van der Waals surface area contributed by atoms with Crippen LogP contribution in [-0.2, 0) is 10.3 Å². The topological polar surface area (TPSA) is 78.4 Å². The van der Waals surface area contributed by atoms with Crippen molar-refractivity contribution in [3.05, 3.63) is 42.0 Å². The second-order valence-electron chi connectivity index (χ2n) is 6.26. The molecule has 0 fully saturated rings. The Kier molecular flexibility index (Phi) is 7.35. The molecule has 0 bridgehead atoms. The van der Waals surface area contributed by atoms with Gasteiger partial charge in [-0.1, -0.05) is 30.4 Å². The van der Waals surface area contributed by atoms with E-state index >= 15 is 0 Å². The summed E-state index contributed by atoms with van der Waals surface area (Å²) in [5.74, 6) is -0.359. The van der Waals surface area contributed by atoms with Crippen LogP contribution in [0.15, 0.2) is 30.8 Å². The van der Waals surface area contributed by atoms with Crippen LogP contribution in [0.3, 0.4) is 0 Å². The maximum atomic E-state index is 12.2. The van der Waals surface area contributed by atoms with Crippen LogP contribution in [0.25, 0.3) is 5.57 Å². The molecule has 1 aromatic carbocycles. The van der Waals surface area contributed by atoms with Crippen LogP contribution in [0, 0.1) is 0 Å². The van der Waals surface area contributed by atoms with Gasteiger partial charge in [-0.15, -0.1) is 0 Å². The van der Waals surface area contributed by atoms with Crippen molar-refractivity contribution in [1.29, 1.82) is 0 Å². The first-order chi connectivity index (χ1) is 11.2. The molecule has 0 saturated heterocycles. The predicted octanol–water partition coefficient (Wildman–Crippen LogP) is 3.46. The van der Waals surface area contributed by atoms with Crippen molar-refractivity contribution in [3.63, 3.8) is 0 Å². The van der Waals surface area contributed by atoms with Gasteiger partial charge in [-0.3, -0.25) is 0 Å². The number of aliphatic carboxylic acids is 1. The molecule has 0 heterocycles. The number of thioether (sulfide) groups is 1. The first kappa shape index (κ1) is 20.1. The highest BCUT2D eigenvalue weighted by atomic mass is 32.2. The standard InChI is InChI=1S/C18H26N2O3S/c1-12(2)13-7-6-8-14(11-13)18(3,4)20-17(23)19-15(16(21)22)9-10-24-5/h6-8,11,15H,1,9-10H2,2-5H3,(H,21,22)(H2,19,20,23)/t15-/m0/s1. The van der Waals surface area contributed by atoms with E-state index in [1.54, 1.807) is 11.8 Å². The number of urea groups is 1. The number of hydrogen-bond donors (Lipinski definition) is 3. The summed E-state index contributed by atoms with van der Waals surface area (Å²) in [5.41, 5.74) is 2.23. The third-order valence-corrected chi connectivity index (χ3v) is 4.36. The molecule has 6 heteroatoms. The minimum absolute atomic E-state index is 0.384. The number of carboxylic acid groups (broad SMARTS) is 1. The average Bonchev–Trinajstić information content (AvgIpc) is 2.50. The van der Waals surface area contributed by atoms with Crippen LogP contribution in [0.1, 0.15) is 38.3 Å². The lowest BCUT2D eigenvalue weighted by Gasteiger charge is -2.28. The Morgan fingerprint density at radius 2 is 2.04 bits per heavy atom. The van der Waals surface area contributed by atoms with Gasteiger partial charge in [0, 0.05) is 0 Å². The Labute approximate surface area is 147 Å². The van der Waals surface area contributed by atoms with Gasteiger partial charge in [-0.2, -0.15) is 11.8 Å². The number of carbonyl (C=O) groups excluding carboxylic acids is 1. The number of rotatable bonds is 8. The zero-order valence-corrected chi connectivity index (χ0v) is 15.5. The van der Waals surface area contributed by atoms with Crippen molar-refractivity contribution in [2.75, 3.05) is 12.0 Å². The second kappa shape index (κ2) is 8.78. The fourth-order valence-electron chi connectivity index (χ4n) is 2.22. The third kappa shape index (κ3) is 5.92. The summed E-state index contributed by atoms with van der Waals surface area (Å²) in [4.78, 5) is 23.5. The van der Waals surface area contributed by atoms with E-state index in [0.717, 1.165) is 16.7 Å². The minimum Gasteiger partial charge on any atom is -0.480 e. The first-order valence-corrected chi connectivity index (χ1v) is 9.13. The summed E-state index contributed by atoms with van der Waals surface area (Å²) in [6.45, 7) is 9.61. The molecule has 0 unspecified atom stereocenters. The molecule has 0 spiro atoms. The molecule has 5 nitrogen and oxygen atoms in total. The second-order valence-corrected chi connectivity index (χ2v) is 7.24. The summed E-state index contributed by atoms with van der Waals surface area (Å²) < 4.78 is 0. The normalized spacial score (nSPS) is 12.3. The van der Waals surface area contributed by atoms with E-state index in [4.69, 9.17) is 0 Å². The van der Waals surface area contributed by atoms with Crippen molar-refractivity contribution < 1.29 is 14.7 Å². The number of hydrogen-bond acceptors (Lipinski definition) is 3. The summed E-state index contributed by atoms with van der Waals surface area (Å²) in [6, 6.07) is 6.40. The molecule has 0 radical (unpaired) electrons. The van der Waals surface area contributed by atoms with Gasteiger partial charge in [0.15, 0.2) is 0 Å². The summed E-state index contributed by atoms with van der Waals surface area (Å²) >= 11 is 1.55. The van der Waals surface area contributed by atoms with Crippen LogP contribution in [0.2, 0.25) is 0 Å². The van der Waals surface area contributed by atoms with Crippen LogP contribution in [0.4, 0.5) is 4.79 Å². The third-order valence-electron chi connectivity index (χ3n) is 3.72. The molecule has 1 rings (SSSR count). The molecule has 0 aliphatic rings. The Balaban J connectivity index is 2.81. The quantitative estimate of drug-likeness (QED) is 0.671. The highest BCUT2D eigenvalue weighted by molar-refractivity contribution is 7.98. The largest absolute Gasteiger partial charge is 0.480 e. The Morgan fingerprint density at radius 1 is 1.38 bits per heavy atom. The van der Waals surface area contributed by atoms with Gasteiger partial charge in [0.05, 0.1) is 5.54 Å². The van der Waals surface area contributed by atoms with Gasteiger partial charge < -0.3 is 15.7 Å². The average molecular weight is 350 g/mol. The van der Waals surface area contributed by atoms with Gasteiger partial charge in [-0.05, 0) is 56.4 Å². The van der Waals surface area contributed by atoms with Gasteiger partial charge >= 0.3 is 12.0 Å². The Bertz CT molecular complexity index is 614. The molecular weight excluding hydrogens is 324 g/mol. The van der Waals surface area contributed by atoms with Crippen LogP contribution in [0.5, 0.6) is 0 Å². The SMILES string of the molecule is C=C(C)c1cccc(C(C)(C)NC(=O)N[C@@H](CCSC)C(=O)O)c1. The molecule has 0 aromatic heterocycles. The maximum absolute atomic E-state index is 12.2. The van der Waals surface area contributed by atoms with Gasteiger partial charge in [0.2, 0.25) is 0 Å². The molecule has 2 amide bonds. The number of benzene rings is 1. The summed E-state index contributed by atoms with van der Waals surface area (Å²) in [6.07, 6.45) is 2.28. The molecule has 0 aliphatic heterocycles.